The number of phenols is 1. The molecule has 2 fully saturated rings. The molecule has 0 radical (unpaired) electrons. The molecule has 0 amide bonds. The van der Waals surface area contributed by atoms with Gasteiger partial charge in [-0.15, -0.1) is 0 Å². The van der Waals surface area contributed by atoms with Crippen molar-refractivity contribution in [2.45, 2.75) is 79.1 Å². The lowest BCUT2D eigenvalue weighted by Crippen LogP contribution is -2.43. The number of aryl methyl sites for hydroxylation is 1. The first-order valence-corrected chi connectivity index (χ1v) is 11.8. The van der Waals surface area contributed by atoms with E-state index in [0.717, 1.165) is 36.0 Å². The van der Waals surface area contributed by atoms with E-state index in [2.05, 4.69) is 52.8 Å². The van der Waals surface area contributed by atoms with E-state index in [1.807, 2.05) is 12.1 Å². The van der Waals surface area contributed by atoms with Crippen LogP contribution in [-0.4, -0.2) is 5.11 Å². The van der Waals surface area contributed by atoms with Crippen molar-refractivity contribution >= 4 is 0 Å². The van der Waals surface area contributed by atoms with Crippen molar-refractivity contribution in [3.05, 3.63) is 41.5 Å². The summed E-state index contributed by atoms with van der Waals surface area (Å²) in [4.78, 5) is 0. The Labute approximate surface area is 172 Å². The highest BCUT2D eigenvalue weighted by Gasteiger charge is 2.55. The molecule has 1 aromatic carbocycles. The molecule has 1 heteroatoms. The zero-order valence-corrected chi connectivity index (χ0v) is 18.6. The Balaban J connectivity index is 1.53. The zero-order chi connectivity index (χ0) is 20.1. The van der Waals surface area contributed by atoms with Crippen LogP contribution < -0.4 is 0 Å². The van der Waals surface area contributed by atoms with Gasteiger partial charge in [-0.1, -0.05) is 52.8 Å². The fourth-order valence-corrected chi connectivity index (χ4v) is 7.18. The van der Waals surface area contributed by atoms with Crippen molar-refractivity contribution in [2.24, 2.45) is 40.9 Å². The SMILES string of the molecule is CC(C)[C@@H](C)/C=C/[C@@H](C)[C@H]1CC[C@H]2[C@@H]3CCc4cc(O)ccc4[C@H]3CC[C@]12C. The maximum absolute atomic E-state index is 9.89. The molecule has 1 aromatic rings. The first-order chi connectivity index (χ1) is 13.3. The third-order valence-electron chi connectivity index (χ3n) is 9.19. The number of benzene rings is 1. The molecule has 0 aliphatic heterocycles. The van der Waals surface area contributed by atoms with Crippen molar-refractivity contribution in [1.82, 2.24) is 0 Å². The van der Waals surface area contributed by atoms with Gasteiger partial charge in [0.25, 0.3) is 0 Å². The lowest BCUT2D eigenvalue weighted by Gasteiger charge is -2.51. The third-order valence-corrected chi connectivity index (χ3v) is 9.19. The maximum atomic E-state index is 9.89. The summed E-state index contributed by atoms with van der Waals surface area (Å²) in [6.07, 6.45) is 13.1. The standard InChI is InChI=1S/C27H40O/c1-17(2)18(3)6-7-19(4)25-12-13-26-24-10-8-20-16-21(28)9-11-22(20)23(24)14-15-27(25,26)5/h6-7,9,11,16-19,23-26,28H,8,10,12-15H2,1-5H3/b7-6+/t18-,19+,23+,24+,25+,26-,27+/m0/s1. The summed E-state index contributed by atoms with van der Waals surface area (Å²) in [5.41, 5.74) is 3.48. The highest BCUT2D eigenvalue weighted by atomic mass is 16.3. The quantitative estimate of drug-likeness (QED) is 0.541. The highest BCUT2D eigenvalue weighted by Crippen LogP contribution is 2.64. The number of fused-ring (bicyclic) bond motifs is 5. The van der Waals surface area contributed by atoms with Gasteiger partial charge in [-0.05, 0) is 109 Å². The van der Waals surface area contributed by atoms with Crippen molar-refractivity contribution in [3.8, 4) is 5.75 Å². The number of rotatable bonds is 4. The molecule has 28 heavy (non-hydrogen) atoms. The predicted molar refractivity (Wildman–Crippen MR) is 119 cm³/mol. The second kappa shape index (κ2) is 7.54. The Morgan fingerprint density at radius 2 is 1.82 bits per heavy atom. The minimum absolute atomic E-state index is 0.440. The fourth-order valence-electron chi connectivity index (χ4n) is 7.18. The van der Waals surface area contributed by atoms with Gasteiger partial charge in [0, 0.05) is 0 Å². The average Bonchev–Trinajstić information content (AvgIpc) is 3.02. The van der Waals surface area contributed by atoms with Crippen LogP contribution in [0.2, 0.25) is 0 Å². The van der Waals surface area contributed by atoms with Crippen LogP contribution in [0.1, 0.15) is 83.8 Å². The van der Waals surface area contributed by atoms with Crippen LogP contribution in [0.5, 0.6) is 5.75 Å². The molecule has 1 nitrogen and oxygen atoms in total. The summed E-state index contributed by atoms with van der Waals surface area (Å²) < 4.78 is 0. The summed E-state index contributed by atoms with van der Waals surface area (Å²) in [5, 5.41) is 9.89. The van der Waals surface area contributed by atoms with E-state index in [1.165, 1.54) is 37.7 Å². The summed E-state index contributed by atoms with van der Waals surface area (Å²) in [6, 6.07) is 6.17. The first kappa shape index (κ1) is 20.0. The normalized spacial score (nSPS) is 36.8. The number of hydrogen-bond donors (Lipinski definition) is 1. The Bertz CT molecular complexity index is 732. The largest absolute Gasteiger partial charge is 0.508 e. The van der Waals surface area contributed by atoms with E-state index in [9.17, 15) is 5.11 Å². The van der Waals surface area contributed by atoms with Gasteiger partial charge in [0.05, 0.1) is 0 Å². The molecular formula is C27H40O. The second-order valence-electron chi connectivity index (χ2n) is 10.9. The molecule has 4 rings (SSSR count). The number of allylic oxidation sites excluding steroid dienone is 2. The molecule has 0 unspecified atom stereocenters. The first-order valence-electron chi connectivity index (χ1n) is 11.8. The Hall–Kier alpha value is -1.24. The summed E-state index contributed by atoms with van der Waals surface area (Å²) in [7, 11) is 0. The van der Waals surface area contributed by atoms with E-state index in [4.69, 9.17) is 0 Å². The van der Waals surface area contributed by atoms with Crippen LogP contribution in [0.3, 0.4) is 0 Å². The van der Waals surface area contributed by atoms with E-state index < -0.39 is 0 Å². The molecule has 7 atom stereocenters. The van der Waals surface area contributed by atoms with Gasteiger partial charge in [-0.2, -0.15) is 0 Å². The number of aromatic hydroxyl groups is 1. The molecule has 0 aromatic heterocycles. The van der Waals surface area contributed by atoms with E-state index in [0.29, 0.717) is 23.0 Å². The summed E-state index contributed by atoms with van der Waals surface area (Å²) in [6.45, 7) is 12.1. The Morgan fingerprint density at radius 3 is 2.57 bits per heavy atom. The summed E-state index contributed by atoms with van der Waals surface area (Å²) in [5.74, 6) is 5.85. The number of phenolic OH excluding ortho intramolecular Hbond substituents is 1. The average molecular weight is 381 g/mol. The van der Waals surface area contributed by atoms with Gasteiger partial charge < -0.3 is 5.11 Å². The smallest absolute Gasteiger partial charge is 0.115 e. The predicted octanol–water partition coefficient (Wildman–Crippen LogP) is 7.35. The van der Waals surface area contributed by atoms with Crippen LogP contribution in [-0.2, 0) is 6.42 Å². The molecule has 0 spiro atoms. The van der Waals surface area contributed by atoms with Crippen LogP contribution >= 0.6 is 0 Å². The Morgan fingerprint density at radius 1 is 1.04 bits per heavy atom. The lowest BCUT2D eigenvalue weighted by atomic mass is 9.53. The van der Waals surface area contributed by atoms with Gasteiger partial charge in [-0.25, -0.2) is 0 Å². The molecule has 3 aliphatic rings. The minimum Gasteiger partial charge on any atom is -0.508 e. The molecule has 1 N–H and O–H groups in total. The monoisotopic (exact) mass is 380 g/mol. The molecule has 0 heterocycles. The van der Waals surface area contributed by atoms with Crippen LogP contribution in [0.15, 0.2) is 30.4 Å². The van der Waals surface area contributed by atoms with Crippen molar-refractivity contribution in [3.63, 3.8) is 0 Å². The molecule has 0 saturated heterocycles. The van der Waals surface area contributed by atoms with Crippen LogP contribution in [0.4, 0.5) is 0 Å². The third kappa shape index (κ3) is 3.33. The van der Waals surface area contributed by atoms with E-state index >= 15 is 0 Å². The molecule has 0 bridgehead atoms. The second-order valence-corrected chi connectivity index (χ2v) is 10.9. The van der Waals surface area contributed by atoms with E-state index in [-0.39, 0.29) is 0 Å². The molecule has 2 saturated carbocycles. The molecule has 154 valence electrons. The van der Waals surface area contributed by atoms with Crippen molar-refractivity contribution in [1.29, 1.82) is 0 Å². The van der Waals surface area contributed by atoms with Gasteiger partial charge in [0.15, 0.2) is 0 Å². The highest BCUT2D eigenvalue weighted by molar-refractivity contribution is 5.40. The molecule has 3 aliphatic carbocycles. The fraction of sp³-hybridized carbons (Fsp3) is 0.704. The zero-order valence-electron chi connectivity index (χ0n) is 18.6. The van der Waals surface area contributed by atoms with Crippen molar-refractivity contribution < 1.29 is 5.11 Å². The maximum Gasteiger partial charge on any atom is 0.115 e. The van der Waals surface area contributed by atoms with Gasteiger partial charge in [-0.3, -0.25) is 0 Å². The minimum atomic E-state index is 0.440. The number of hydrogen-bond acceptors (Lipinski definition) is 1. The van der Waals surface area contributed by atoms with Crippen LogP contribution in [0.25, 0.3) is 0 Å². The van der Waals surface area contributed by atoms with Crippen molar-refractivity contribution in [2.75, 3.05) is 0 Å². The molecular weight excluding hydrogens is 340 g/mol. The lowest BCUT2D eigenvalue weighted by molar-refractivity contribution is 0.0178. The topological polar surface area (TPSA) is 20.2 Å². The van der Waals surface area contributed by atoms with Gasteiger partial charge in [0.1, 0.15) is 5.75 Å². The van der Waals surface area contributed by atoms with Crippen LogP contribution in [0, 0.1) is 40.9 Å². The van der Waals surface area contributed by atoms with Gasteiger partial charge in [0.2, 0.25) is 0 Å². The van der Waals surface area contributed by atoms with E-state index in [1.54, 1.807) is 5.56 Å². The van der Waals surface area contributed by atoms with Gasteiger partial charge >= 0.3 is 0 Å². The summed E-state index contributed by atoms with van der Waals surface area (Å²) >= 11 is 0. The Kier molecular flexibility index (Phi) is 5.40.